The lowest BCUT2D eigenvalue weighted by Crippen LogP contribution is -2.22. The molecule has 1 fully saturated rings. The van der Waals surface area contributed by atoms with E-state index in [1.165, 1.54) is 32.1 Å². The molecule has 0 bridgehead atoms. The summed E-state index contributed by atoms with van der Waals surface area (Å²) in [5.41, 5.74) is 0. The molecule has 1 unspecified atom stereocenters. The van der Waals surface area contributed by atoms with Gasteiger partial charge in [0.15, 0.2) is 6.29 Å². The number of unbranched alkanes of at least 4 members (excludes halogenated alkanes) is 4. The molecular formula is C18H32O4. The summed E-state index contributed by atoms with van der Waals surface area (Å²) in [6.07, 6.45) is 14.0. The van der Waals surface area contributed by atoms with Gasteiger partial charge in [-0.05, 0) is 51.0 Å². The van der Waals surface area contributed by atoms with Crippen LogP contribution in [0.1, 0.15) is 64.2 Å². The van der Waals surface area contributed by atoms with E-state index in [2.05, 4.69) is 6.08 Å². The highest BCUT2D eigenvalue weighted by atomic mass is 16.7. The molecule has 0 amide bonds. The molecule has 0 aromatic rings. The Balaban J connectivity index is 1.30. The van der Waals surface area contributed by atoms with E-state index in [4.69, 9.17) is 18.9 Å². The van der Waals surface area contributed by atoms with Crippen LogP contribution in [-0.4, -0.2) is 39.3 Å². The Bertz CT molecular complexity index is 297. The molecule has 0 aromatic heterocycles. The first kappa shape index (κ1) is 17.8. The molecule has 128 valence electrons. The first-order valence-corrected chi connectivity index (χ1v) is 9.08. The maximum Gasteiger partial charge on any atom is 0.157 e. The maximum atomic E-state index is 5.73. The van der Waals surface area contributed by atoms with E-state index in [0.29, 0.717) is 6.61 Å². The summed E-state index contributed by atoms with van der Waals surface area (Å²) in [6.45, 7) is 4.05. The molecule has 0 aromatic carbocycles. The zero-order valence-corrected chi connectivity index (χ0v) is 13.9. The van der Waals surface area contributed by atoms with Crippen molar-refractivity contribution in [3.63, 3.8) is 0 Å². The average molecular weight is 312 g/mol. The van der Waals surface area contributed by atoms with Gasteiger partial charge in [-0.15, -0.1) is 0 Å². The minimum Gasteiger partial charge on any atom is -0.496 e. The van der Waals surface area contributed by atoms with E-state index < -0.39 is 0 Å². The molecule has 1 saturated heterocycles. The Hall–Kier alpha value is -0.580. The van der Waals surface area contributed by atoms with Crippen molar-refractivity contribution < 1.29 is 18.9 Å². The molecule has 0 N–H and O–H groups in total. The third kappa shape index (κ3) is 8.16. The van der Waals surface area contributed by atoms with Gasteiger partial charge in [0.05, 0.1) is 6.61 Å². The molecule has 4 nitrogen and oxygen atoms in total. The molecule has 2 aliphatic heterocycles. The molecule has 2 heterocycles. The minimum atomic E-state index is 0.0680. The lowest BCUT2D eigenvalue weighted by Gasteiger charge is -2.22. The molecule has 0 radical (unpaired) electrons. The molecular weight excluding hydrogens is 280 g/mol. The number of allylic oxidation sites excluding steroid dienone is 1. The topological polar surface area (TPSA) is 36.9 Å². The molecule has 4 heteroatoms. The predicted octanol–water partition coefficient (Wildman–Crippen LogP) is 4.19. The van der Waals surface area contributed by atoms with Gasteiger partial charge in [0.1, 0.15) is 12.4 Å². The van der Waals surface area contributed by atoms with Crippen LogP contribution in [0.5, 0.6) is 0 Å². The summed E-state index contributed by atoms with van der Waals surface area (Å²) in [6, 6.07) is 0. The summed E-state index contributed by atoms with van der Waals surface area (Å²) >= 11 is 0. The fourth-order valence-electron chi connectivity index (χ4n) is 2.78. The second kappa shape index (κ2) is 11.9. The third-order valence-corrected chi connectivity index (χ3v) is 4.13. The van der Waals surface area contributed by atoms with E-state index in [9.17, 15) is 0 Å². The van der Waals surface area contributed by atoms with E-state index in [1.54, 1.807) is 0 Å². The van der Waals surface area contributed by atoms with Crippen LogP contribution in [0.3, 0.4) is 0 Å². The zero-order chi connectivity index (χ0) is 15.3. The van der Waals surface area contributed by atoms with Crippen molar-refractivity contribution in [1.29, 1.82) is 0 Å². The molecule has 1 atom stereocenters. The molecule has 0 aliphatic carbocycles. The zero-order valence-electron chi connectivity index (χ0n) is 13.9. The largest absolute Gasteiger partial charge is 0.496 e. The Morgan fingerprint density at radius 2 is 1.82 bits per heavy atom. The Labute approximate surface area is 135 Å². The van der Waals surface area contributed by atoms with Crippen LogP contribution in [0, 0.1) is 0 Å². The lowest BCUT2D eigenvalue weighted by atomic mass is 10.1. The summed E-state index contributed by atoms with van der Waals surface area (Å²) < 4.78 is 22.4. The number of rotatable bonds is 11. The second-order valence-electron chi connectivity index (χ2n) is 6.15. The molecule has 22 heavy (non-hydrogen) atoms. The van der Waals surface area contributed by atoms with E-state index in [-0.39, 0.29) is 6.29 Å². The van der Waals surface area contributed by atoms with Crippen LogP contribution < -0.4 is 0 Å². The average Bonchev–Trinajstić information content (AvgIpc) is 2.58. The number of hydrogen-bond donors (Lipinski definition) is 0. The third-order valence-electron chi connectivity index (χ3n) is 4.13. The molecule has 2 rings (SSSR count). The maximum absolute atomic E-state index is 5.73. The minimum absolute atomic E-state index is 0.0680. The highest BCUT2D eigenvalue weighted by Gasteiger charge is 2.13. The fourth-order valence-corrected chi connectivity index (χ4v) is 2.78. The predicted molar refractivity (Wildman–Crippen MR) is 86.7 cm³/mol. The standard InChI is InChI=1S/C18H32O4/c1(3-7-14-21-18-11-5-9-15-22-18)2-6-12-19-16-17-10-4-8-13-20-17/h10,18H,1-9,11-16H2. The van der Waals surface area contributed by atoms with Gasteiger partial charge >= 0.3 is 0 Å². The summed E-state index contributed by atoms with van der Waals surface area (Å²) in [4.78, 5) is 0. The van der Waals surface area contributed by atoms with E-state index in [0.717, 1.165) is 64.3 Å². The van der Waals surface area contributed by atoms with Crippen LogP contribution in [-0.2, 0) is 18.9 Å². The molecule has 0 spiro atoms. The summed E-state index contributed by atoms with van der Waals surface area (Å²) in [5.74, 6) is 1.02. The quantitative estimate of drug-likeness (QED) is 0.536. The van der Waals surface area contributed by atoms with Gasteiger partial charge in [-0.2, -0.15) is 0 Å². The summed E-state index contributed by atoms with van der Waals surface area (Å²) in [5, 5.41) is 0. The summed E-state index contributed by atoms with van der Waals surface area (Å²) in [7, 11) is 0. The van der Waals surface area contributed by atoms with Crippen LogP contribution in [0.15, 0.2) is 11.8 Å². The fraction of sp³-hybridized carbons (Fsp3) is 0.889. The molecule has 0 saturated carbocycles. The highest BCUT2D eigenvalue weighted by molar-refractivity contribution is 4.95. The lowest BCUT2D eigenvalue weighted by molar-refractivity contribution is -0.162. The van der Waals surface area contributed by atoms with Crippen molar-refractivity contribution in [2.24, 2.45) is 0 Å². The van der Waals surface area contributed by atoms with Gasteiger partial charge in [0.25, 0.3) is 0 Å². The first-order valence-electron chi connectivity index (χ1n) is 9.08. The van der Waals surface area contributed by atoms with Gasteiger partial charge in [0.2, 0.25) is 0 Å². The van der Waals surface area contributed by atoms with Gasteiger partial charge in [-0.3, -0.25) is 0 Å². The van der Waals surface area contributed by atoms with Gasteiger partial charge < -0.3 is 18.9 Å². The van der Waals surface area contributed by atoms with Crippen molar-refractivity contribution in [3.8, 4) is 0 Å². The van der Waals surface area contributed by atoms with E-state index >= 15 is 0 Å². The SMILES string of the molecule is C1=C(COCCCCCCCOC2CCCCO2)OCCC1. The van der Waals surface area contributed by atoms with Crippen molar-refractivity contribution in [3.05, 3.63) is 11.8 Å². The highest BCUT2D eigenvalue weighted by Crippen LogP contribution is 2.14. The number of ether oxygens (including phenoxy) is 4. The second-order valence-corrected chi connectivity index (χ2v) is 6.15. The Kier molecular flexibility index (Phi) is 9.63. The van der Waals surface area contributed by atoms with Crippen molar-refractivity contribution in [2.75, 3.05) is 33.0 Å². The van der Waals surface area contributed by atoms with E-state index in [1.807, 2.05) is 0 Å². The van der Waals surface area contributed by atoms with Gasteiger partial charge in [0, 0.05) is 19.8 Å². The van der Waals surface area contributed by atoms with Gasteiger partial charge in [-0.25, -0.2) is 0 Å². The number of hydrogen-bond acceptors (Lipinski definition) is 4. The molecule has 2 aliphatic rings. The smallest absolute Gasteiger partial charge is 0.157 e. The van der Waals surface area contributed by atoms with Crippen LogP contribution in [0.25, 0.3) is 0 Å². The van der Waals surface area contributed by atoms with Crippen LogP contribution in [0.2, 0.25) is 0 Å². The van der Waals surface area contributed by atoms with Crippen molar-refractivity contribution in [1.82, 2.24) is 0 Å². The Morgan fingerprint density at radius 1 is 0.955 bits per heavy atom. The normalized spacial score (nSPS) is 22.2. The van der Waals surface area contributed by atoms with Crippen LogP contribution >= 0.6 is 0 Å². The monoisotopic (exact) mass is 312 g/mol. The first-order chi connectivity index (χ1) is 10.9. The Morgan fingerprint density at radius 3 is 2.59 bits per heavy atom. The van der Waals surface area contributed by atoms with Crippen LogP contribution in [0.4, 0.5) is 0 Å². The van der Waals surface area contributed by atoms with Crippen molar-refractivity contribution >= 4 is 0 Å². The van der Waals surface area contributed by atoms with Gasteiger partial charge in [-0.1, -0.05) is 19.3 Å². The van der Waals surface area contributed by atoms with Crippen molar-refractivity contribution in [2.45, 2.75) is 70.5 Å².